The number of rotatable bonds is 4. The van der Waals surface area contributed by atoms with Gasteiger partial charge in [0.1, 0.15) is 5.69 Å². The second kappa shape index (κ2) is 5.65. The molecule has 0 saturated carbocycles. The molecular weight excluding hydrogens is 242 g/mol. The largest absolute Gasteiger partial charge is 0.347 e. The molecule has 1 unspecified atom stereocenters. The zero-order chi connectivity index (χ0) is 11.4. The Kier molecular flexibility index (Phi) is 4.20. The molecule has 1 atom stereocenters. The monoisotopic (exact) mass is 257 g/mol. The molecule has 0 bridgehead atoms. The van der Waals surface area contributed by atoms with E-state index in [0.29, 0.717) is 18.3 Å². The average Bonchev–Trinajstić information content (AvgIpc) is 2.89. The number of thioether (sulfide) groups is 1. The Balaban J connectivity index is 1.91. The van der Waals surface area contributed by atoms with E-state index < -0.39 is 0 Å². The van der Waals surface area contributed by atoms with Crippen molar-refractivity contribution in [1.29, 1.82) is 0 Å². The van der Waals surface area contributed by atoms with Gasteiger partial charge in [0.2, 0.25) is 0 Å². The Morgan fingerprint density at radius 2 is 2.56 bits per heavy atom. The van der Waals surface area contributed by atoms with Crippen LogP contribution in [-0.2, 0) is 6.42 Å². The van der Waals surface area contributed by atoms with Gasteiger partial charge in [-0.25, -0.2) is 4.98 Å². The molecular formula is C10H15N3OS2. The molecule has 4 nitrogen and oxygen atoms in total. The van der Waals surface area contributed by atoms with E-state index in [1.54, 1.807) is 0 Å². The zero-order valence-corrected chi connectivity index (χ0v) is 10.6. The number of thiazole rings is 1. The van der Waals surface area contributed by atoms with Gasteiger partial charge < -0.3 is 11.1 Å². The number of amides is 1. The van der Waals surface area contributed by atoms with Gasteiger partial charge in [0.05, 0.1) is 5.01 Å². The Morgan fingerprint density at radius 3 is 3.25 bits per heavy atom. The summed E-state index contributed by atoms with van der Waals surface area (Å²) in [6.07, 6.45) is 1.81. The third-order valence-electron chi connectivity index (χ3n) is 2.41. The van der Waals surface area contributed by atoms with Crippen LogP contribution < -0.4 is 11.1 Å². The maximum atomic E-state index is 11.8. The molecule has 0 radical (unpaired) electrons. The minimum Gasteiger partial charge on any atom is -0.347 e. The summed E-state index contributed by atoms with van der Waals surface area (Å²) in [5.41, 5.74) is 5.97. The minimum atomic E-state index is -0.0491. The van der Waals surface area contributed by atoms with E-state index in [1.165, 1.54) is 11.3 Å². The predicted molar refractivity (Wildman–Crippen MR) is 68.1 cm³/mol. The van der Waals surface area contributed by atoms with E-state index in [0.717, 1.165) is 29.4 Å². The van der Waals surface area contributed by atoms with Crippen molar-refractivity contribution in [2.45, 2.75) is 18.9 Å². The molecule has 1 saturated heterocycles. The number of nitrogens with one attached hydrogen (secondary N) is 1. The summed E-state index contributed by atoms with van der Waals surface area (Å²) in [5, 5.41) is 5.75. The van der Waals surface area contributed by atoms with Crippen LogP contribution in [0.3, 0.4) is 0 Å². The van der Waals surface area contributed by atoms with Crippen molar-refractivity contribution < 1.29 is 4.79 Å². The molecule has 16 heavy (non-hydrogen) atoms. The number of nitrogens with zero attached hydrogens (tertiary/aromatic N) is 1. The molecule has 2 rings (SSSR count). The third-order valence-corrected chi connectivity index (χ3v) is 4.48. The lowest BCUT2D eigenvalue weighted by Gasteiger charge is -2.09. The summed E-state index contributed by atoms with van der Waals surface area (Å²) < 4.78 is 0. The van der Waals surface area contributed by atoms with Crippen LogP contribution in [0, 0.1) is 0 Å². The van der Waals surface area contributed by atoms with Crippen molar-refractivity contribution in [2.75, 3.05) is 18.1 Å². The van der Waals surface area contributed by atoms with Crippen molar-refractivity contribution in [3.8, 4) is 0 Å². The van der Waals surface area contributed by atoms with Crippen LogP contribution in [0.15, 0.2) is 5.38 Å². The number of carbonyl (C=O) groups excluding carboxylic acids is 1. The van der Waals surface area contributed by atoms with Gasteiger partial charge in [0.25, 0.3) is 5.91 Å². The summed E-state index contributed by atoms with van der Waals surface area (Å²) >= 11 is 3.39. The number of aromatic nitrogens is 1. The zero-order valence-electron chi connectivity index (χ0n) is 8.94. The molecule has 0 aromatic carbocycles. The van der Waals surface area contributed by atoms with Crippen LogP contribution in [0.1, 0.15) is 21.9 Å². The lowest BCUT2D eigenvalue weighted by atomic mass is 10.2. The first-order valence-electron chi connectivity index (χ1n) is 5.32. The van der Waals surface area contributed by atoms with E-state index >= 15 is 0 Å². The fraction of sp³-hybridized carbons (Fsp3) is 0.600. The quantitative estimate of drug-likeness (QED) is 0.840. The van der Waals surface area contributed by atoms with Crippen molar-refractivity contribution in [2.24, 2.45) is 5.73 Å². The maximum Gasteiger partial charge on any atom is 0.271 e. The van der Waals surface area contributed by atoms with Crippen LogP contribution in [-0.4, -0.2) is 35.0 Å². The van der Waals surface area contributed by atoms with E-state index in [1.807, 2.05) is 17.1 Å². The lowest BCUT2D eigenvalue weighted by Crippen LogP contribution is -2.34. The molecule has 2 heterocycles. The highest BCUT2D eigenvalue weighted by Gasteiger charge is 2.19. The van der Waals surface area contributed by atoms with Gasteiger partial charge >= 0.3 is 0 Å². The summed E-state index contributed by atoms with van der Waals surface area (Å²) in [4.78, 5) is 16.1. The van der Waals surface area contributed by atoms with E-state index in [4.69, 9.17) is 5.73 Å². The van der Waals surface area contributed by atoms with E-state index in [-0.39, 0.29) is 5.91 Å². The average molecular weight is 257 g/mol. The molecule has 1 aliphatic rings. The van der Waals surface area contributed by atoms with Crippen molar-refractivity contribution in [3.63, 3.8) is 0 Å². The topological polar surface area (TPSA) is 68.0 Å². The molecule has 3 N–H and O–H groups in total. The van der Waals surface area contributed by atoms with Gasteiger partial charge in [0, 0.05) is 23.6 Å². The van der Waals surface area contributed by atoms with Crippen LogP contribution in [0.5, 0.6) is 0 Å². The van der Waals surface area contributed by atoms with Crippen molar-refractivity contribution in [3.05, 3.63) is 16.1 Å². The summed E-state index contributed by atoms with van der Waals surface area (Å²) in [6, 6.07) is 0.317. The number of nitrogens with two attached hydrogens (primary N) is 1. The second-order valence-corrected chi connectivity index (χ2v) is 5.79. The third kappa shape index (κ3) is 2.96. The van der Waals surface area contributed by atoms with Crippen molar-refractivity contribution in [1.82, 2.24) is 10.3 Å². The highest BCUT2D eigenvalue weighted by Crippen LogP contribution is 2.18. The molecule has 88 valence electrons. The highest BCUT2D eigenvalue weighted by molar-refractivity contribution is 7.99. The normalized spacial score (nSPS) is 19.9. The SMILES string of the molecule is NCCc1nc(C(=O)NC2CCSC2)cs1. The molecule has 0 spiro atoms. The number of hydrogen-bond donors (Lipinski definition) is 2. The van der Waals surface area contributed by atoms with Crippen LogP contribution in [0.4, 0.5) is 0 Å². The van der Waals surface area contributed by atoms with Gasteiger partial charge in [-0.1, -0.05) is 0 Å². The minimum absolute atomic E-state index is 0.0491. The number of carbonyl (C=O) groups is 1. The molecule has 0 aliphatic carbocycles. The molecule has 1 aromatic heterocycles. The van der Waals surface area contributed by atoms with Gasteiger partial charge in [-0.15, -0.1) is 11.3 Å². The van der Waals surface area contributed by atoms with Crippen molar-refractivity contribution >= 4 is 29.0 Å². The summed E-state index contributed by atoms with van der Waals surface area (Å²) in [6.45, 7) is 0.577. The number of hydrogen-bond acceptors (Lipinski definition) is 5. The Morgan fingerprint density at radius 1 is 1.69 bits per heavy atom. The van der Waals surface area contributed by atoms with Gasteiger partial charge in [-0.3, -0.25) is 4.79 Å². The maximum absolute atomic E-state index is 11.8. The highest BCUT2D eigenvalue weighted by atomic mass is 32.2. The first kappa shape index (κ1) is 11.9. The Labute approximate surface area is 103 Å². The van der Waals surface area contributed by atoms with Gasteiger partial charge in [0.15, 0.2) is 0 Å². The fourth-order valence-electron chi connectivity index (χ4n) is 1.56. The van der Waals surface area contributed by atoms with Crippen LogP contribution in [0.25, 0.3) is 0 Å². The fourth-order valence-corrected chi connectivity index (χ4v) is 3.51. The Hall–Kier alpha value is -0.590. The Bertz CT molecular complexity index is 361. The van der Waals surface area contributed by atoms with Crippen LogP contribution >= 0.6 is 23.1 Å². The molecule has 6 heteroatoms. The van der Waals surface area contributed by atoms with Gasteiger partial charge in [-0.05, 0) is 18.7 Å². The predicted octanol–water partition coefficient (Wildman–Crippen LogP) is 0.880. The van der Waals surface area contributed by atoms with E-state index in [9.17, 15) is 4.79 Å². The van der Waals surface area contributed by atoms with E-state index in [2.05, 4.69) is 10.3 Å². The first-order chi connectivity index (χ1) is 7.79. The molecule has 1 aromatic rings. The van der Waals surface area contributed by atoms with Crippen LogP contribution in [0.2, 0.25) is 0 Å². The second-order valence-electron chi connectivity index (χ2n) is 3.70. The lowest BCUT2D eigenvalue weighted by molar-refractivity contribution is 0.0936. The molecule has 1 amide bonds. The summed E-state index contributed by atoms with van der Waals surface area (Å²) in [7, 11) is 0. The molecule has 1 fully saturated rings. The van der Waals surface area contributed by atoms with Gasteiger partial charge in [-0.2, -0.15) is 11.8 Å². The smallest absolute Gasteiger partial charge is 0.271 e. The summed E-state index contributed by atoms with van der Waals surface area (Å²) in [5.74, 6) is 2.11. The molecule has 1 aliphatic heterocycles. The standard InChI is InChI=1S/C10H15N3OS2/c11-3-1-9-13-8(6-16-9)10(14)12-7-2-4-15-5-7/h6-7H,1-5,11H2,(H,12,14). The first-order valence-corrected chi connectivity index (χ1v) is 7.36.